The van der Waals surface area contributed by atoms with Gasteiger partial charge in [0.25, 0.3) is 0 Å². The quantitative estimate of drug-likeness (QED) is 0.629. The molecule has 0 unspecified atom stereocenters. The maximum absolute atomic E-state index is 11.5. The standard InChI is InChI=1S/C16H16N4O2S2/c1-3-13(22)20-16-17-9(2)14(24-16)12-8-23-15(19-12)18-10-5-4-6-11(21)7-10/h4-8,21H,3H2,1-2H3,(H,18,19)(H,17,20,22). The molecule has 0 aliphatic rings. The summed E-state index contributed by atoms with van der Waals surface area (Å²) in [6.45, 7) is 3.70. The summed E-state index contributed by atoms with van der Waals surface area (Å²) in [6.07, 6.45) is 0.419. The van der Waals surface area contributed by atoms with Crippen LogP contribution in [0.5, 0.6) is 5.75 Å². The van der Waals surface area contributed by atoms with E-state index in [4.69, 9.17) is 0 Å². The van der Waals surface area contributed by atoms with Gasteiger partial charge in [0.05, 0.1) is 16.3 Å². The monoisotopic (exact) mass is 360 g/mol. The van der Waals surface area contributed by atoms with Crippen LogP contribution >= 0.6 is 22.7 Å². The Bertz CT molecular complexity index is 873. The maximum atomic E-state index is 11.5. The summed E-state index contributed by atoms with van der Waals surface area (Å²) in [5.41, 5.74) is 2.42. The van der Waals surface area contributed by atoms with Crippen LogP contribution in [0, 0.1) is 6.92 Å². The molecule has 0 bridgehead atoms. The fourth-order valence-corrected chi connectivity index (χ4v) is 3.78. The molecule has 0 radical (unpaired) electrons. The van der Waals surface area contributed by atoms with Crippen LogP contribution in [0.4, 0.5) is 16.0 Å². The van der Waals surface area contributed by atoms with E-state index in [1.807, 2.05) is 18.4 Å². The van der Waals surface area contributed by atoms with Crippen molar-refractivity contribution in [3.05, 3.63) is 35.3 Å². The number of thiazole rings is 2. The van der Waals surface area contributed by atoms with Crippen molar-refractivity contribution in [2.24, 2.45) is 0 Å². The average molecular weight is 360 g/mol. The van der Waals surface area contributed by atoms with Gasteiger partial charge in [-0.15, -0.1) is 11.3 Å². The van der Waals surface area contributed by atoms with E-state index in [1.54, 1.807) is 25.1 Å². The third-order valence-electron chi connectivity index (χ3n) is 3.20. The number of carbonyl (C=O) groups is 1. The van der Waals surface area contributed by atoms with Crippen LogP contribution in [0.2, 0.25) is 0 Å². The van der Waals surface area contributed by atoms with E-state index < -0.39 is 0 Å². The molecule has 6 nitrogen and oxygen atoms in total. The molecule has 124 valence electrons. The minimum atomic E-state index is -0.0557. The summed E-state index contributed by atoms with van der Waals surface area (Å²) in [6, 6.07) is 6.88. The Morgan fingerprint density at radius 3 is 2.88 bits per heavy atom. The number of nitrogens with zero attached hydrogens (tertiary/aromatic N) is 2. The molecule has 2 heterocycles. The molecule has 3 aromatic rings. The van der Waals surface area contributed by atoms with Crippen molar-refractivity contribution >= 4 is 44.5 Å². The Labute approximate surface area is 147 Å². The molecule has 8 heteroatoms. The first-order chi connectivity index (χ1) is 11.5. The zero-order chi connectivity index (χ0) is 17.1. The van der Waals surface area contributed by atoms with E-state index in [0.717, 1.165) is 27.1 Å². The normalized spacial score (nSPS) is 10.6. The minimum Gasteiger partial charge on any atom is -0.508 e. The lowest BCUT2D eigenvalue weighted by atomic mass is 10.3. The van der Waals surface area contributed by atoms with Crippen LogP contribution in [0.1, 0.15) is 19.0 Å². The van der Waals surface area contributed by atoms with Gasteiger partial charge in [-0.05, 0) is 19.1 Å². The highest BCUT2D eigenvalue weighted by Gasteiger charge is 2.14. The molecule has 0 atom stereocenters. The van der Waals surface area contributed by atoms with Crippen molar-refractivity contribution in [3.63, 3.8) is 0 Å². The molecular formula is C16H16N4O2S2. The number of aromatic hydroxyl groups is 1. The van der Waals surface area contributed by atoms with Gasteiger partial charge >= 0.3 is 0 Å². The number of hydrogen-bond acceptors (Lipinski definition) is 7. The Balaban J connectivity index is 1.79. The molecular weight excluding hydrogens is 344 g/mol. The molecule has 0 saturated heterocycles. The number of amides is 1. The van der Waals surface area contributed by atoms with Gasteiger partial charge < -0.3 is 15.7 Å². The van der Waals surface area contributed by atoms with Gasteiger partial charge in [0, 0.05) is 23.6 Å². The number of phenolic OH excluding ortho intramolecular Hbond substituents is 1. The number of phenols is 1. The molecule has 3 N–H and O–H groups in total. The summed E-state index contributed by atoms with van der Waals surface area (Å²) in [4.78, 5) is 21.4. The average Bonchev–Trinajstić information content (AvgIpc) is 3.13. The van der Waals surface area contributed by atoms with Crippen LogP contribution in [-0.2, 0) is 4.79 Å². The third-order valence-corrected chi connectivity index (χ3v) is 5.05. The predicted octanol–water partition coefficient (Wildman–Crippen LogP) is 4.37. The van der Waals surface area contributed by atoms with Crippen molar-refractivity contribution in [2.45, 2.75) is 20.3 Å². The zero-order valence-electron chi connectivity index (χ0n) is 13.2. The Morgan fingerprint density at radius 1 is 1.29 bits per heavy atom. The largest absolute Gasteiger partial charge is 0.508 e. The van der Waals surface area contributed by atoms with Gasteiger partial charge in [0.15, 0.2) is 10.3 Å². The second-order valence-corrected chi connectivity index (χ2v) is 6.91. The van der Waals surface area contributed by atoms with Crippen LogP contribution in [0.15, 0.2) is 29.6 Å². The number of aryl methyl sites for hydroxylation is 1. The zero-order valence-corrected chi connectivity index (χ0v) is 14.8. The second-order valence-electron chi connectivity index (χ2n) is 5.05. The lowest BCUT2D eigenvalue weighted by molar-refractivity contribution is -0.115. The minimum absolute atomic E-state index is 0.0557. The molecule has 0 aliphatic heterocycles. The summed E-state index contributed by atoms with van der Waals surface area (Å²) < 4.78 is 0. The summed E-state index contributed by atoms with van der Waals surface area (Å²) in [5.74, 6) is 0.145. The molecule has 0 saturated carbocycles. The number of anilines is 3. The van der Waals surface area contributed by atoms with Gasteiger partial charge in [0.2, 0.25) is 5.91 Å². The smallest absolute Gasteiger partial charge is 0.225 e. The Kier molecular flexibility index (Phi) is 4.77. The molecule has 24 heavy (non-hydrogen) atoms. The topological polar surface area (TPSA) is 87.1 Å². The van der Waals surface area contributed by atoms with Crippen molar-refractivity contribution < 1.29 is 9.90 Å². The predicted molar refractivity (Wildman–Crippen MR) is 98.3 cm³/mol. The van der Waals surface area contributed by atoms with E-state index in [2.05, 4.69) is 20.6 Å². The summed E-state index contributed by atoms with van der Waals surface area (Å²) in [7, 11) is 0. The fourth-order valence-electron chi connectivity index (χ4n) is 2.04. The molecule has 1 aromatic carbocycles. The van der Waals surface area contributed by atoms with E-state index in [9.17, 15) is 9.90 Å². The van der Waals surface area contributed by atoms with E-state index in [0.29, 0.717) is 11.6 Å². The van der Waals surface area contributed by atoms with E-state index in [1.165, 1.54) is 22.7 Å². The number of rotatable bonds is 5. The highest BCUT2D eigenvalue weighted by Crippen LogP contribution is 2.35. The number of carbonyl (C=O) groups excluding carboxylic acids is 1. The van der Waals surface area contributed by atoms with Gasteiger partial charge in [-0.1, -0.05) is 24.3 Å². The first kappa shape index (κ1) is 16.4. The number of benzene rings is 1. The number of nitrogens with one attached hydrogen (secondary N) is 2. The first-order valence-corrected chi connectivity index (χ1v) is 9.04. The van der Waals surface area contributed by atoms with Gasteiger partial charge in [-0.3, -0.25) is 4.79 Å². The lowest BCUT2D eigenvalue weighted by Crippen LogP contribution is -2.08. The lowest BCUT2D eigenvalue weighted by Gasteiger charge is -2.02. The highest BCUT2D eigenvalue weighted by molar-refractivity contribution is 7.20. The Hall–Kier alpha value is -2.45. The fraction of sp³-hybridized carbons (Fsp3) is 0.188. The summed E-state index contributed by atoms with van der Waals surface area (Å²) >= 11 is 2.88. The van der Waals surface area contributed by atoms with Crippen LogP contribution in [0.25, 0.3) is 10.6 Å². The maximum Gasteiger partial charge on any atom is 0.225 e. The number of aromatic nitrogens is 2. The Morgan fingerprint density at radius 2 is 2.12 bits per heavy atom. The molecule has 0 aliphatic carbocycles. The molecule has 0 fully saturated rings. The second kappa shape index (κ2) is 6.98. The van der Waals surface area contributed by atoms with Gasteiger partial charge in [0.1, 0.15) is 5.75 Å². The van der Waals surface area contributed by atoms with Crippen LogP contribution in [0.3, 0.4) is 0 Å². The first-order valence-electron chi connectivity index (χ1n) is 7.34. The van der Waals surface area contributed by atoms with Crippen molar-refractivity contribution in [1.82, 2.24) is 9.97 Å². The third kappa shape index (κ3) is 3.72. The molecule has 0 spiro atoms. The van der Waals surface area contributed by atoms with Crippen LogP contribution < -0.4 is 10.6 Å². The van der Waals surface area contributed by atoms with Crippen molar-refractivity contribution in [2.75, 3.05) is 10.6 Å². The van der Waals surface area contributed by atoms with E-state index >= 15 is 0 Å². The SMILES string of the molecule is CCC(=O)Nc1nc(C)c(-c2csc(Nc3cccc(O)c3)n2)s1. The van der Waals surface area contributed by atoms with Gasteiger partial charge in [-0.25, -0.2) is 9.97 Å². The van der Waals surface area contributed by atoms with Crippen molar-refractivity contribution in [3.8, 4) is 16.3 Å². The number of hydrogen-bond donors (Lipinski definition) is 3. The van der Waals surface area contributed by atoms with E-state index in [-0.39, 0.29) is 11.7 Å². The molecule has 3 rings (SSSR count). The van der Waals surface area contributed by atoms with Crippen LogP contribution in [-0.4, -0.2) is 21.0 Å². The summed E-state index contributed by atoms with van der Waals surface area (Å²) in [5, 5.41) is 18.7. The highest BCUT2D eigenvalue weighted by atomic mass is 32.1. The van der Waals surface area contributed by atoms with Gasteiger partial charge in [-0.2, -0.15) is 0 Å². The van der Waals surface area contributed by atoms with Crippen molar-refractivity contribution in [1.29, 1.82) is 0 Å². The molecule has 2 aromatic heterocycles. The molecule has 1 amide bonds.